The Bertz CT molecular complexity index is 726. The molecule has 24 heavy (non-hydrogen) atoms. The summed E-state index contributed by atoms with van der Waals surface area (Å²) in [6.07, 6.45) is 0.975. The normalized spacial score (nSPS) is 15.7. The molecule has 1 aliphatic heterocycles. The standard InChI is InChI=1S/C17H20BrN3O2S/c1-2-16-19-13(11-24-16)10-20-5-7-21(8-6-20)17(23)14-9-12(18)3-4-15(14)22/h3-4,9,11,22H,2,5-8,10H2,1H3. The summed E-state index contributed by atoms with van der Waals surface area (Å²) in [5.41, 5.74) is 1.46. The topological polar surface area (TPSA) is 56.7 Å². The van der Waals surface area contributed by atoms with Crippen molar-refractivity contribution in [3.8, 4) is 5.75 Å². The zero-order chi connectivity index (χ0) is 17.1. The number of nitrogens with zero attached hydrogens (tertiary/aromatic N) is 3. The lowest BCUT2D eigenvalue weighted by atomic mass is 10.1. The van der Waals surface area contributed by atoms with Crippen molar-refractivity contribution in [2.45, 2.75) is 19.9 Å². The van der Waals surface area contributed by atoms with Crippen LogP contribution in [0.1, 0.15) is 28.0 Å². The van der Waals surface area contributed by atoms with Crippen molar-refractivity contribution in [3.05, 3.63) is 44.3 Å². The Balaban J connectivity index is 1.58. The molecule has 2 heterocycles. The highest BCUT2D eigenvalue weighted by Crippen LogP contribution is 2.24. The number of aromatic hydroxyl groups is 1. The third-order valence-corrected chi connectivity index (χ3v) is 5.67. The number of amides is 1. The number of benzene rings is 1. The fourth-order valence-electron chi connectivity index (χ4n) is 2.77. The van der Waals surface area contributed by atoms with Gasteiger partial charge < -0.3 is 10.0 Å². The number of halogens is 1. The zero-order valence-corrected chi connectivity index (χ0v) is 15.9. The lowest BCUT2D eigenvalue weighted by molar-refractivity contribution is 0.0624. The van der Waals surface area contributed by atoms with E-state index in [0.29, 0.717) is 18.7 Å². The summed E-state index contributed by atoms with van der Waals surface area (Å²) in [6.45, 7) is 5.91. The van der Waals surface area contributed by atoms with Crippen molar-refractivity contribution in [1.29, 1.82) is 0 Å². The van der Waals surface area contributed by atoms with Gasteiger partial charge in [0.1, 0.15) is 5.75 Å². The highest BCUT2D eigenvalue weighted by Gasteiger charge is 2.24. The van der Waals surface area contributed by atoms with Gasteiger partial charge in [0.05, 0.1) is 16.3 Å². The van der Waals surface area contributed by atoms with E-state index < -0.39 is 0 Å². The summed E-state index contributed by atoms with van der Waals surface area (Å²) in [6, 6.07) is 4.94. The minimum absolute atomic E-state index is 0.0280. The summed E-state index contributed by atoms with van der Waals surface area (Å²) in [4.78, 5) is 21.3. The fourth-order valence-corrected chi connectivity index (χ4v) is 3.87. The maximum Gasteiger partial charge on any atom is 0.257 e. The van der Waals surface area contributed by atoms with Gasteiger partial charge in [-0.25, -0.2) is 4.98 Å². The number of carbonyl (C=O) groups excluding carboxylic acids is 1. The number of hydrogen-bond acceptors (Lipinski definition) is 5. The second kappa shape index (κ2) is 7.63. The van der Waals surface area contributed by atoms with Gasteiger partial charge in [-0.15, -0.1) is 11.3 Å². The molecule has 5 nitrogen and oxygen atoms in total. The molecule has 0 aliphatic carbocycles. The van der Waals surface area contributed by atoms with Gasteiger partial charge in [0.2, 0.25) is 0 Å². The predicted octanol–water partition coefficient (Wildman–Crippen LogP) is 3.13. The molecule has 2 aromatic rings. The van der Waals surface area contributed by atoms with E-state index in [0.717, 1.165) is 36.2 Å². The molecule has 1 aliphatic rings. The second-order valence-corrected chi connectivity index (χ2v) is 7.67. The SMILES string of the molecule is CCc1nc(CN2CCN(C(=O)c3cc(Br)ccc3O)CC2)cs1. The number of aromatic nitrogens is 1. The van der Waals surface area contributed by atoms with Crippen molar-refractivity contribution in [3.63, 3.8) is 0 Å². The smallest absolute Gasteiger partial charge is 0.257 e. The third-order valence-electron chi connectivity index (χ3n) is 4.14. The number of thiazole rings is 1. The molecular formula is C17H20BrN3O2S. The van der Waals surface area contributed by atoms with Crippen LogP contribution in [0.2, 0.25) is 0 Å². The molecule has 1 aromatic heterocycles. The minimum Gasteiger partial charge on any atom is -0.507 e. The molecule has 0 spiro atoms. The third kappa shape index (κ3) is 3.96. The molecular weight excluding hydrogens is 390 g/mol. The summed E-state index contributed by atoms with van der Waals surface area (Å²) in [5.74, 6) is -0.0874. The van der Waals surface area contributed by atoms with Gasteiger partial charge in [-0.05, 0) is 24.6 Å². The number of rotatable bonds is 4. The van der Waals surface area contributed by atoms with Gasteiger partial charge >= 0.3 is 0 Å². The van der Waals surface area contributed by atoms with Gasteiger partial charge in [0, 0.05) is 42.6 Å². The summed E-state index contributed by atoms with van der Waals surface area (Å²) < 4.78 is 0.789. The first kappa shape index (κ1) is 17.4. The molecule has 0 atom stereocenters. The number of hydrogen-bond donors (Lipinski definition) is 1. The van der Waals surface area contributed by atoms with E-state index in [9.17, 15) is 9.90 Å². The average molecular weight is 410 g/mol. The number of piperazine rings is 1. The van der Waals surface area contributed by atoms with Gasteiger partial charge in [-0.3, -0.25) is 9.69 Å². The van der Waals surface area contributed by atoms with Crippen LogP contribution in [0, 0.1) is 0 Å². The molecule has 128 valence electrons. The minimum atomic E-state index is -0.115. The van der Waals surface area contributed by atoms with Gasteiger partial charge in [0.15, 0.2) is 0 Å². The van der Waals surface area contributed by atoms with Crippen molar-refractivity contribution < 1.29 is 9.90 Å². The van der Waals surface area contributed by atoms with Crippen molar-refractivity contribution in [2.75, 3.05) is 26.2 Å². The molecule has 1 saturated heterocycles. The second-order valence-electron chi connectivity index (χ2n) is 5.82. The Labute approximate surface area is 154 Å². The van der Waals surface area contributed by atoms with Crippen LogP contribution in [0.25, 0.3) is 0 Å². The molecule has 7 heteroatoms. The first-order chi connectivity index (χ1) is 11.6. The van der Waals surface area contributed by atoms with Crippen LogP contribution in [-0.2, 0) is 13.0 Å². The number of aryl methyl sites for hydroxylation is 1. The van der Waals surface area contributed by atoms with E-state index in [1.807, 2.05) is 0 Å². The maximum atomic E-state index is 12.6. The van der Waals surface area contributed by atoms with E-state index in [-0.39, 0.29) is 11.7 Å². The maximum absolute atomic E-state index is 12.6. The monoisotopic (exact) mass is 409 g/mol. The Morgan fingerprint density at radius 1 is 1.33 bits per heavy atom. The summed E-state index contributed by atoms with van der Waals surface area (Å²) >= 11 is 5.06. The Morgan fingerprint density at radius 3 is 2.75 bits per heavy atom. The van der Waals surface area contributed by atoms with Gasteiger partial charge in [-0.2, -0.15) is 0 Å². The van der Waals surface area contributed by atoms with E-state index in [1.54, 1.807) is 34.4 Å². The van der Waals surface area contributed by atoms with Crippen LogP contribution in [0.15, 0.2) is 28.1 Å². The zero-order valence-electron chi connectivity index (χ0n) is 13.5. The Kier molecular flexibility index (Phi) is 5.53. The van der Waals surface area contributed by atoms with Gasteiger partial charge in [-0.1, -0.05) is 22.9 Å². The van der Waals surface area contributed by atoms with Crippen LogP contribution in [0.3, 0.4) is 0 Å². The number of phenolic OH excluding ortho intramolecular Hbond substituents is 1. The van der Waals surface area contributed by atoms with Gasteiger partial charge in [0.25, 0.3) is 5.91 Å². The number of carbonyl (C=O) groups is 1. The lowest BCUT2D eigenvalue weighted by Gasteiger charge is -2.34. The first-order valence-corrected chi connectivity index (χ1v) is 9.67. The summed E-state index contributed by atoms with van der Waals surface area (Å²) in [7, 11) is 0. The molecule has 1 N–H and O–H groups in total. The van der Waals surface area contributed by atoms with Crippen molar-refractivity contribution in [1.82, 2.24) is 14.8 Å². The van der Waals surface area contributed by atoms with Crippen LogP contribution in [0.5, 0.6) is 5.75 Å². The summed E-state index contributed by atoms with van der Waals surface area (Å²) in [5, 5.41) is 13.2. The van der Waals surface area contributed by atoms with Crippen molar-refractivity contribution >= 4 is 33.2 Å². The average Bonchev–Trinajstić information content (AvgIpc) is 3.05. The van der Waals surface area contributed by atoms with E-state index in [4.69, 9.17) is 0 Å². The Hall–Kier alpha value is -1.44. The molecule has 0 unspecified atom stereocenters. The molecule has 1 aromatic carbocycles. The number of phenols is 1. The molecule has 1 fully saturated rings. The quantitative estimate of drug-likeness (QED) is 0.842. The van der Waals surface area contributed by atoms with E-state index in [2.05, 4.69) is 38.1 Å². The molecule has 0 bridgehead atoms. The van der Waals surface area contributed by atoms with Crippen molar-refractivity contribution in [2.24, 2.45) is 0 Å². The Morgan fingerprint density at radius 2 is 2.08 bits per heavy atom. The highest BCUT2D eigenvalue weighted by molar-refractivity contribution is 9.10. The van der Waals surface area contributed by atoms with Crippen LogP contribution < -0.4 is 0 Å². The molecule has 0 saturated carbocycles. The molecule has 1 amide bonds. The van der Waals surface area contributed by atoms with Crippen LogP contribution in [-0.4, -0.2) is 52.0 Å². The highest BCUT2D eigenvalue weighted by atomic mass is 79.9. The molecule has 3 rings (SSSR count). The first-order valence-electron chi connectivity index (χ1n) is 8.00. The van der Waals surface area contributed by atoms with Crippen LogP contribution >= 0.6 is 27.3 Å². The largest absolute Gasteiger partial charge is 0.507 e. The van der Waals surface area contributed by atoms with Crippen LogP contribution in [0.4, 0.5) is 0 Å². The molecule has 0 radical (unpaired) electrons. The van der Waals surface area contributed by atoms with E-state index >= 15 is 0 Å². The fraction of sp³-hybridized carbons (Fsp3) is 0.412. The lowest BCUT2D eigenvalue weighted by Crippen LogP contribution is -2.48. The van der Waals surface area contributed by atoms with E-state index in [1.165, 1.54) is 5.01 Å². The predicted molar refractivity (Wildman–Crippen MR) is 98.5 cm³/mol.